The van der Waals surface area contributed by atoms with Gasteiger partial charge in [-0.15, -0.1) is 5.10 Å². The van der Waals surface area contributed by atoms with Gasteiger partial charge in [-0.2, -0.15) is 0 Å². The Morgan fingerprint density at radius 3 is 2.50 bits per heavy atom. The highest BCUT2D eigenvalue weighted by molar-refractivity contribution is 5.45. The minimum Gasteiger partial charge on any atom is -0.493 e. The molecule has 1 atom stereocenters. The van der Waals surface area contributed by atoms with Crippen LogP contribution in [0.15, 0.2) is 41.0 Å². The number of aromatic nitrogens is 4. The van der Waals surface area contributed by atoms with Crippen molar-refractivity contribution in [3.8, 4) is 11.5 Å². The summed E-state index contributed by atoms with van der Waals surface area (Å²) in [6, 6.07) is 10.6. The standard InChI is InChI=1S/C25H34N6O3/c1-32-22-11-10-19(17-23(22)33-2)24(25-26-27-28-31(25)18-21-9-6-16-34-21)30-14-12-29(13-15-30)20-7-4-3-5-8-20/h6,9-11,16-17,20,24H,3-5,7-8,12-15,18H2,1-2H3/t24-/m0/s1. The highest BCUT2D eigenvalue weighted by Gasteiger charge is 2.33. The average molecular weight is 467 g/mol. The Kier molecular flexibility index (Phi) is 7.10. The normalized spacial score (nSPS) is 19.2. The van der Waals surface area contributed by atoms with Crippen molar-refractivity contribution in [1.82, 2.24) is 30.0 Å². The fourth-order valence-corrected chi connectivity index (χ4v) is 5.42. The second-order valence-corrected chi connectivity index (χ2v) is 9.15. The maximum atomic E-state index is 5.62. The van der Waals surface area contributed by atoms with Gasteiger partial charge >= 0.3 is 0 Å². The first-order valence-electron chi connectivity index (χ1n) is 12.3. The Morgan fingerprint density at radius 1 is 1.00 bits per heavy atom. The molecule has 2 fully saturated rings. The molecule has 3 aromatic rings. The number of rotatable bonds is 8. The summed E-state index contributed by atoms with van der Waals surface area (Å²) in [5.74, 6) is 3.04. The van der Waals surface area contributed by atoms with E-state index in [-0.39, 0.29) is 6.04 Å². The van der Waals surface area contributed by atoms with Gasteiger partial charge in [-0.05, 0) is 53.1 Å². The molecule has 0 N–H and O–H groups in total. The van der Waals surface area contributed by atoms with Crippen LogP contribution in [0.5, 0.6) is 11.5 Å². The molecule has 1 saturated heterocycles. The number of hydrogen-bond donors (Lipinski definition) is 0. The molecule has 0 unspecified atom stereocenters. The number of furan rings is 1. The summed E-state index contributed by atoms with van der Waals surface area (Å²) < 4.78 is 18.5. The van der Waals surface area contributed by atoms with Gasteiger partial charge in [0, 0.05) is 32.2 Å². The lowest BCUT2D eigenvalue weighted by molar-refractivity contribution is 0.0619. The minimum atomic E-state index is -0.0988. The molecule has 9 nitrogen and oxygen atoms in total. The van der Waals surface area contributed by atoms with Gasteiger partial charge in [-0.25, -0.2) is 4.68 Å². The lowest BCUT2D eigenvalue weighted by Crippen LogP contribution is -2.52. The molecule has 182 valence electrons. The molecule has 0 bridgehead atoms. The Hall–Kier alpha value is -2.91. The van der Waals surface area contributed by atoms with E-state index in [0.717, 1.165) is 49.4 Å². The largest absolute Gasteiger partial charge is 0.493 e. The van der Waals surface area contributed by atoms with Gasteiger partial charge < -0.3 is 13.9 Å². The van der Waals surface area contributed by atoms with Crippen LogP contribution in [0.2, 0.25) is 0 Å². The van der Waals surface area contributed by atoms with E-state index in [9.17, 15) is 0 Å². The third kappa shape index (κ3) is 4.81. The van der Waals surface area contributed by atoms with Crippen molar-refractivity contribution in [1.29, 1.82) is 0 Å². The molecule has 34 heavy (non-hydrogen) atoms. The smallest absolute Gasteiger partial charge is 0.173 e. The van der Waals surface area contributed by atoms with Crippen molar-refractivity contribution >= 4 is 0 Å². The van der Waals surface area contributed by atoms with Crippen molar-refractivity contribution in [3.63, 3.8) is 0 Å². The van der Waals surface area contributed by atoms with E-state index in [1.54, 1.807) is 20.5 Å². The van der Waals surface area contributed by atoms with Crippen LogP contribution in [0, 0.1) is 0 Å². The van der Waals surface area contributed by atoms with Crippen molar-refractivity contribution in [2.24, 2.45) is 0 Å². The van der Waals surface area contributed by atoms with Crippen molar-refractivity contribution in [2.75, 3.05) is 40.4 Å². The van der Waals surface area contributed by atoms with Crippen molar-refractivity contribution in [3.05, 3.63) is 53.7 Å². The van der Waals surface area contributed by atoms with E-state index < -0.39 is 0 Å². The fourth-order valence-electron chi connectivity index (χ4n) is 5.42. The molecular weight excluding hydrogens is 432 g/mol. The van der Waals surface area contributed by atoms with E-state index in [4.69, 9.17) is 13.9 Å². The van der Waals surface area contributed by atoms with Crippen LogP contribution in [-0.4, -0.2) is 76.4 Å². The zero-order valence-corrected chi connectivity index (χ0v) is 20.1. The zero-order chi connectivity index (χ0) is 23.3. The van der Waals surface area contributed by atoms with Gasteiger partial charge in [0.1, 0.15) is 12.3 Å². The maximum Gasteiger partial charge on any atom is 0.173 e. The van der Waals surface area contributed by atoms with E-state index in [1.807, 2.05) is 28.9 Å². The summed E-state index contributed by atoms with van der Waals surface area (Å²) in [6.45, 7) is 4.54. The Bertz CT molecular complexity index is 1040. The van der Waals surface area contributed by atoms with Crippen molar-refractivity contribution in [2.45, 2.75) is 50.7 Å². The monoisotopic (exact) mass is 466 g/mol. The average Bonchev–Trinajstić information content (AvgIpc) is 3.58. The molecule has 1 saturated carbocycles. The van der Waals surface area contributed by atoms with Crippen molar-refractivity contribution < 1.29 is 13.9 Å². The molecule has 1 aliphatic carbocycles. The van der Waals surface area contributed by atoms with Gasteiger partial charge in [0.15, 0.2) is 17.3 Å². The van der Waals surface area contributed by atoms with Crippen LogP contribution < -0.4 is 9.47 Å². The summed E-state index contributed by atoms with van der Waals surface area (Å²) in [7, 11) is 3.32. The van der Waals surface area contributed by atoms with Crippen LogP contribution in [0.25, 0.3) is 0 Å². The van der Waals surface area contributed by atoms with Gasteiger partial charge in [0.25, 0.3) is 0 Å². The topological polar surface area (TPSA) is 81.7 Å². The summed E-state index contributed by atoms with van der Waals surface area (Å²) in [5.41, 5.74) is 1.08. The first kappa shape index (κ1) is 22.9. The van der Waals surface area contributed by atoms with Crippen LogP contribution in [-0.2, 0) is 6.54 Å². The number of ether oxygens (including phenoxy) is 2. The molecule has 1 aromatic carbocycles. The molecule has 3 heterocycles. The first-order valence-corrected chi connectivity index (χ1v) is 12.3. The summed E-state index contributed by atoms with van der Waals surface area (Å²) >= 11 is 0. The lowest BCUT2D eigenvalue weighted by atomic mass is 9.93. The Morgan fingerprint density at radius 2 is 1.79 bits per heavy atom. The quantitative estimate of drug-likeness (QED) is 0.500. The van der Waals surface area contributed by atoms with Crippen LogP contribution >= 0.6 is 0 Å². The van der Waals surface area contributed by atoms with E-state index >= 15 is 0 Å². The van der Waals surface area contributed by atoms with Gasteiger partial charge in [-0.1, -0.05) is 25.3 Å². The summed E-state index contributed by atoms with van der Waals surface area (Å²) in [5, 5.41) is 12.8. The highest BCUT2D eigenvalue weighted by Crippen LogP contribution is 2.35. The second kappa shape index (κ2) is 10.6. The van der Waals surface area contributed by atoms with E-state index in [1.165, 1.54) is 32.1 Å². The molecular formula is C25H34N6O3. The number of methoxy groups -OCH3 is 2. The van der Waals surface area contributed by atoms with Gasteiger partial charge in [0.05, 0.1) is 26.5 Å². The molecule has 2 aliphatic rings. The summed E-state index contributed by atoms with van der Waals surface area (Å²) in [4.78, 5) is 5.18. The van der Waals surface area contributed by atoms with Crippen LogP contribution in [0.4, 0.5) is 0 Å². The van der Waals surface area contributed by atoms with Crippen LogP contribution in [0.1, 0.15) is 55.3 Å². The zero-order valence-electron chi connectivity index (χ0n) is 20.1. The molecule has 2 aromatic heterocycles. The first-order chi connectivity index (χ1) is 16.8. The van der Waals surface area contributed by atoms with E-state index in [0.29, 0.717) is 18.0 Å². The highest BCUT2D eigenvalue weighted by atomic mass is 16.5. The molecule has 0 spiro atoms. The number of tetrazole rings is 1. The molecule has 0 radical (unpaired) electrons. The fraction of sp³-hybridized carbons (Fsp3) is 0.560. The molecule has 0 amide bonds. The number of benzene rings is 1. The Labute approximate surface area is 200 Å². The van der Waals surface area contributed by atoms with E-state index in [2.05, 4.69) is 31.4 Å². The molecule has 9 heteroatoms. The number of hydrogen-bond acceptors (Lipinski definition) is 8. The molecule has 1 aliphatic heterocycles. The SMILES string of the molecule is COc1ccc([C@@H](c2nnnn2Cc2ccco2)N2CCN(C3CCCCC3)CC2)cc1OC. The summed E-state index contributed by atoms with van der Waals surface area (Å²) in [6.07, 6.45) is 8.45. The lowest BCUT2D eigenvalue weighted by Gasteiger charge is -2.43. The van der Waals surface area contributed by atoms with Gasteiger partial charge in [0.2, 0.25) is 0 Å². The predicted octanol–water partition coefficient (Wildman–Crippen LogP) is 3.37. The third-order valence-electron chi connectivity index (χ3n) is 7.22. The predicted molar refractivity (Wildman–Crippen MR) is 127 cm³/mol. The van der Waals surface area contributed by atoms with Crippen LogP contribution in [0.3, 0.4) is 0 Å². The maximum absolute atomic E-state index is 5.62. The minimum absolute atomic E-state index is 0.0988. The van der Waals surface area contributed by atoms with Gasteiger partial charge in [-0.3, -0.25) is 9.80 Å². The third-order valence-corrected chi connectivity index (χ3v) is 7.22. The second-order valence-electron chi connectivity index (χ2n) is 9.15. The molecule has 5 rings (SSSR count). The Balaban J connectivity index is 1.43. The number of nitrogens with zero attached hydrogens (tertiary/aromatic N) is 6. The number of piperazine rings is 1.